The molecule has 1 aliphatic rings. The first kappa shape index (κ1) is 21.6. The molecule has 0 unspecified atom stereocenters. The molecule has 4 rings (SSSR count). The van der Waals surface area contributed by atoms with Gasteiger partial charge in [0.2, 0.25) is 15.7 Å². The van der Waals surface area contributed by atoms with Gasteiger partial charge in [-0.15, -0.1) is 11.3 Å². The van der Waals surface area contributed by atoms with Gasteiger partial charge in [0.15, 0.2) is 0 Å². The van der Waals surface area contributed by atoms with E-state index >= 15 is 0 Å². The number of carbonyl (C=O) groups excluding carboxylic acids is 1. The van der Waals surface area contributed by atoms with E-state index in [0.29, 0.717) is 12.3 Å². The molecule has 3 aromatic rings. The smallest absolute Gasteiger partial charge is 0.225 e. The van der Waals surface area contributed by atoms with Crippen LogP contribution in [0.2, 0.25) is 0 Å². The first-order valence-corrected chi connectivity index (χ1v) is 12.7. The summed E-state index contributed by atoms with van der Waals surface area (Å²) < 4.78 is 32.4. The van der Waals surface area contributed by atoms with E-state index in [0.717, 1.165) is 34.6 Å². The van der Waals surface area contributed by atoms with Crippen LogP contribution >= 0.6 is 11.3 Å². The van der Waals surface area contributed by atoms with E-state index in [1.54, 1.807) is 29.6 Å². The van der Waals surface area contributed by atoms with Crippen molar-refractivity contribution in [2.24, 2.45) is 0 Å². The molecule has 1 N–H and O–H groups in total. The van der Waals surface area contributed by atoms with Crippen LogP contribution in [0.25, 0.3) is 0 Å². The van der Waals surface area contributed by atoms with Crippen molar-refractivity contribution in [3.05, 3.63) is 69.9 Å². The second-order valence-electron chi connectivity index (χ2n) is 7.74. The molecule has 2 aromatic carbocycles. The minimum atomic E-state index is -3.74. The molecule has 1 aromatic heterocycles. The van der Waals surface area contributed by atoms with Gasteiger partial charge in [-0.05, 0) is 43.2 Å². The maximum atomic E-state index is 13.3. The van der Waals surface area contributed by atoms with Gasteiger partial charge in [0, 0.05) is 22.6 Å². The molecule has 0 fully saturated rings. The van der Waals surface area contributed by atoms with Gasteiger partial charge in [-0.2, -0.15) is 0 Å². The largest absolute Gasteiger partial charge is 0.494 e. The second-order valence-corrected chi connectivity index (χ2v) is 10.6. The van der Waals surface area contributed by atoms with E-state index in [1.165, 1.54) is 11.3 Å². The average molecular weight is 456 g/mol. The quantitative estimate of drug-likeness (QED) is 0.475. The van der Waals surface area contributed by atoms with Crippen LogP contribution < -0.4 is 10.1 Å². The highest BCUT2D eigenvalue weighted by Crippen LogP contribution is 2.46. The Kier molecular flexibility index (Phi) is 6.16. The van der Waals surface area contributed by atoms with Gasteiger partial charge >= 0.3 is 0 Å². The van der Waals surface area contributed by atoms with Crippen LogP contribution in [0.5, 0.6) is 5.75 Å². The van der Waals surface area contributed by atoms with Gasteiger partial charge in [0.05, 0.1) is 17.2 Å². The molecule has 0 spiro atoms. The minimum absolute atomic E-state index is 0.157. The number of anilines is 1. The first-order chi connectivity index (χ1) is 14.9. The maximum absolute atomic E-state index is 13.3. The van der Waals surface area contributed by atoms with Gasteiger partial charge < -0.3 is 10.1 Å². The van der Waals surface area contributed by atoms with Crippen molar-refractivity contribution >= 4 is 32.8 Å². The molecule has 1 amide bonds. The third kappa shape index (κ3) is 4.38. The molecule has 0 aliphatic carbocycles. The molecule has 2 heterocycles. The predicted molar refractivity (Wildman–Crippen MR) is 123 cm³/mol. The third-order valence-electron chi connectivity index (χ3n) is 5.40. The summed E-state index contributed by atoms with van der Waals surface area (Å²) in [6, 6.07) is 14.5. The molecule has 1 atom stereocenters. The molecule has 31 heavy (non-hydrogen) atoms. The van der Waals surface area contributed by atoms with E-state index < -0.39 is 9.84 Å². The van der Waals surface area contributed by atoms with E-state index in [2.05, 4.69) is 12.2 Å². The number of rotatable bonds is 7. The number of thiophene rings is 1. The zero-order chi connectivity index (χ0) is 22.0. The standard InChI is InChI=1S/C24H25NO4S2/c1-3-4-12-29-18-7-5-6-17(13-18)20-14-22(26)25-23-21(15-30-24(20)23)31(27,28)19-10-8-16(2)9-11-19/h5-11,13,15,20H,3-4,12,14H2,1-2H3,(H,25,26)/t20-/m1/s1. The topological polar surface area (TPSA) is 72.5 Å². The summed E-state index contributed by atoms with van der Waals surface area (Å²) in [6.07, 6.45) is 2.31. The van der Waals surface area contributed by atoms with Crippen LogP contribution in [0.1, 0.15) is 48.1 Å². The number of aryl methyl sites for hydroxylation is 1. The zero-order valence-corrected chi connectivity index (χ0v) is 19.2. The van der Waals surface area contributed by atoms with E-state index in [-0.39, 0.29) is 28.0 Å². The lowest BCUT2D eigenvalue weighted by Crippen LogP contribution is -2.23. The maximum Gasteiger partial charge on any atom is 0.225 e. The summed E-state index contributed by atoms with van der Waals surface area (Å²) in [4.78, 5) is 13.8. The number of nitrogens with one attached hydrogen (secondary N) is 1. The van der Waals surface area contributed by atoms with Crippen molar-refractivity contribution < 1.29 is 17.9 Å². The summed E-state index contributed by atoms with van der Waals surface area (Å²) in [5.41, 5.74) is 2.34. The number of benzene rings is 2. The molecular weight excluding hydrogens is 430 g/mol. The number of hydrogen-bond acceptors (Lipinski definition) is 5. The van der Waals surface area contributed by atoms with E-state index in [1.807, 2.05) is 31.2 Å². The first-order valence-electron chi connectivity index (χ1n) is 10.4. The lowest BCUT2D eigenvalue weighted by molar-refractivity contribution is -0.116. The normalized spacial score (nSPS) is 15.9. The van der Waals surface area contributed by atoms with Crippen molar-refractivity contribution in [3.8, 4) is 5.75 Å². The van der Waals surface area contributed by atoms with Crippen molar-refractivity contribution in [3.63, 3.8) is 0 Å². The van der Waals surface area contributed by atoms with Crippen molar-refractivity contribution in [2.75, 3.05) is 11.9 Å². The highest BCUT2D eigenvalue weighted by Gasteiger charge is 2.34. The van der Waals surface area contributed by atoms with Crippen LogP contribution in [0.15, 0.2) is 63.7 Å². The summed E-state index contributed by atoms with van der Waals surface area (Å²) >= 11 is 1.37. The lowest BCUT2D eigenvalue weighted by atomic mass is 9.90. The molecule has 162 valence electrons. The van der Waals surface area contributed by atoms with E-state index in [4.69, 9.17) is 4.74 Å². The van der Waals surface area contributed by atoms with Gasteiger partial charge in [-0.25, -0.2) is 8.42 Å². The Morgan fingerprint density at radius 3 is 2.68 bits per heavy atom. The molecule has 7 heteroatoms. The molecule has 0 bridgehead atoms. The average Bonchev–Trinajstić information content (AvgIpc) is 3.18. The number of ether oxygens (including phenoxy) is 1. The Labute approximate surface area is 187 Å². The fourth-order valence-electron chi connectivity index (χ4n) is 3.67. The molecule has 0 saturated carbocycles. The Bertz CT molecular complexity index is 1200. The monoisotopic (exact) mass is 455 g/mol. The van der Waals surface area contributed by atoms with Crippen molar-refractivity contribution in [1.29, 1.82) is 0 Å². The fourth-order valence-corrected chi connectivity index (χ4v) is 6.58. The summed E-state index contributed by atoms with van der Waals surface area (Å²) in [6.45, 7) is 4.67. The molecular formula is C24H25NO4S2. The Morgan fingerprint density at radius 1 is 1.16 bits per heavy atom. The van der Waals surface area contributed by atoms with Crippen LogP contribution in [-0.4, -0.2) is 20.9 Å². The number of unbranched alkanes of at least 4 members (excludes halogenated alkanes) is 1. The molecule has 0 radical (unpaired) electrons. The second kappa shape index (κ2) is 8.85. The summed E-state index contributed by atoms with van der Waals surface area (Å²) in [7, 11) is -3.74. The number of hydrogen-bond donors (Lipinski definition) is 1. The summed E-state index contributed by atoms with van der Waals surface area (Å²) in [5, 5.41) is 4.45. The molecule has 5 nitrogen and oxygen atoms in total. The molecule has 0 saturated heterocycles. The van der Waals surface area contributed by atoms with Crippen molar-refractivity contribution in [2.45, 2.75) is 48.8 Å². The van der Waals surface area contributed by atoms with Crippen LogP contribution in [0.4, 0.5) is 5.69 Å². The molecule has 1 aliphatic heterocycles. The number of carbonyl (C=O) groups is 1. The SMILES string of the molecule is CCCCOc1cccc([C@H]2CC(=O)Nc3c(S(=O)(=O)c4ccc(C)cc4)csc32)c1. The Balaban J connectivity index is 1.71. The minimum Gasteiger partial charge on any atom is -0.494 e. The predicted octanol–water partition coefficient (Wildman–Crippen LogP) is 5.54. The van der Waals surface area contributed by atoms with Gasteiger partial charge in [0.1, 0.15) is 10.6 Å². The third-order valence-corrected chi connectivity index (χ3v) is 8.44. The van der Waals surface area contributed by atoms with Crippen LogP contribution in [0.3, 0.4) is 0 Å². The highest BCUT2D eigenvalue weighted by molar-refractivity contribution is 7.91. The van der Waals surface area contributed by atoms with Gasteiger partial charge in [-0.1, -0.05) is 43.2 Å². The summed E-state index contributed by atoms with van der Waals surface area (Å²) in [5.74, 6) is 0.376. The van der Waals surface area contributed by atoms with Crippen molar-refractivity contribution in [1.82, 2.24) is 0 Å². The Hall–Kier alpha value is -2.64. The fraction of sp³-hybridized carbons (Fsp3) is 0.292. The lowest BCUT2D eigenvalue weighted by Gasteiger charge is -2.24. The van der Waals surface area contributed by atoms with Crippen LogP contribution in [0, 0.1) is 6.92 Å². The number of amides is 1. The highest BCUT2D eigenvalue weighted by atomic mass is 32.2. The van der Waals surface area contributed by atoms with Gasteiger partial charge in [0.25, 0.3) is 0 Å². The van der Waals surface area contributed by atoms with Crippen LogP contribution in [-0.2, 0) is 14.6 Å². The Morgan fingerprint density at radius 2 is 1.94 bits per heavy atom. The van der Waals surface area contributed by atoms with Gasteiger partial charge in [-0.3, -0.25) is 4.79 Å². The number of fused-ring (bicyclic) bond motifs is 1. The number of sulfone groups is 1. The zero-order valence-electron chi connectivity index (χ0n) is 17.6. The van der Waals surface area contributed by atoms with E-state index in [9.17, 15) is 13.2 Å².